The monoisotopic (exact) mass is 338 g/mol. The first-order valence-electron chi connectivity index (χ1n) is 8.01. The number of benzene rings is 2. The van der Waals surface area contributed by atoms with Gasteiger partial charge >= 0.3 is 5.97 Å². The highest BCUT2D eigenvalue weighted by Gasteiger charge is 2.22. The fourth-order valence-corrected chi connectivity index (χ4v) is 2.84. The number of hydrogen-bond donors (Lipinski definition) is 2. The molecule has 0 aliphatic heterocycles. The molecule has 0 saturated heterocycles. The third-order valence-corrected chi connectivity index (χ3v) is 4.15. The van der Waals surface area contributed by atoms with Crippen LogP contribution in [0.3, 0.4) is 0 Å². The van der Waals surface area contributed by atoms with Crippen molar-refractivity contribution in [2.75, 3.05) is 0 Å². The van der Waals surface area contributed by atoms with E-state index in [-0.39, 0.29) is 11.5 Å². The number of Topliss-reactive ketones (excluding diaryl/α,β-unsaturated/α-hetero) is 1. The zero-order valence-corrected chi connectivity index (χ0v) is 13.7. The number of carbonyl (C=O) groups is 2. The number of rotatable bonds is 4. The number of carbonyl (C=O) groups excluding carboxylic acids is 1. The lowest BCUT2D eigenvalue weighted by Crippen LogP contribution is -2.22. The lowest BCUT2D eigenvalue weighted by Gasteiger charge is -2.18. The molecule has 128 valence electrons. The number of allylic oxidation sites excluding steroid dienone is 1. The molecule has 0 spiro atoms. The molecule has 0 heterocycles. The number of phenols is 1. The molecule has 0 radical (unpaired) electrons. The Morgan fingerprint density at radius 3 is 2.76 bits per heavy atom. The molecule has 1 aliphatic carbocycles. The summed E-state index contributed by atoms with van der Waals surface area (Å²) in [6, 6.07) is 11.8. The number of hydrogen-bond acceptors (Lipinski definition) is 4. The maximum atomic E-state index is 12.6. The molecule has 0 bridgehead atoms. The normalized spacial score (nSPS) is 16.4. The van der Waals surface area contributed by atoms with Crippen molar-refractivity contribution < 1.29 is 24.5 Å². The van der Waals surface area contributed by atoms with Crippen LogP contribution < -0.4 is 4.74 Å². The highest BCUT2D eigenvalue weighted by atomic mass is 16.5. The number of phenolic OH excluding ortho intramolecular Hbond substituents is 1. The zero-order valence-electron chi connectivity index (χ0n) is 13.7. The van der Waals surface area contributed by atoms with E-state index in [2.05, 4.69) is 0 Å². The van der Waals surface area contributed by atoms with Crippen molar-refractivity contribution >= 4 is 17.8 Å². The van der Waals surface area contributed by atoms with Gasteiger partial charge in [0, 0.05) is 11.1 Å². The lowest BCUT2D eigenvalue weighted by atomic mass is 9.86. The summed E-state index contributed by atoms with van der Waals surface area (Å²) >= 11 is 0. The van der Waals surface area contributed by atoms with Crippen LogP contribution in [0, 0.1) is 0 Å². The van der Waals surface area contributed by atoms with Gasteiger partial charge in [0.25, 0.3) is 0 Å². The molecule has 2 aromatic carbocycles. The number of ether oxygens (including phenoxy) is 1. The number of aryl methyl sites for hydroxylation is 1. The first-order chi connectivity index (χ1) is 11.9. The number of carboxylic acids is 1. The lowest BCUT2D eigenvalue weighted by molar-refractivity contribution is -0.144. The van der Waals surface area contributed by atoms with E-state index in [1.165, 1.54) is 13.0 Å². The number of carboxylic acid groups (broad SMARTS) is 1. The van der Waals surface area contributed by atoms with Crippen LogP contribution in [0.1, 0.15) is 34.8 Å². The van der Waals surface area contributed by atoms with Crippen LogP contribution in [0.2, 0.25) is 0 Å². The molecule has 1 aliphatic rings. The van der Waals surface area contributed by atoms with Gasteiger partial charge in [-0.2, -0.15) is 0 Å². The van der Waals surface area contributed by atoms with Gasteiger partial charge in [0.2, 0.25) is 0 Å². The Bertz CT molecular complexity index is 866. The van der Waals surface area contributed by atoms with Crippen LogP contribution in [-0.2, 0) is 11.2 Å². The van der Waals surface area contributed by atoms with Crippen molar-refractivity contribution in [3.63, 3.8) is 0 Å². The third-order valence-electron chi connectivity index (χ3n) is 4.15. The molecule has 0 fully saturated rings. The van der Waals surface area contributed by atoms with Crippen molar-refractivity contribution in [1.29, 1.82) is 0 Å². The van der Waals surface area contributed by atoms with Gasteiger partial charge in [-0.1, -0.05) is 12.1 Å². The standard InChI is InChI=1S/C20H18O5/c1-12(20(23)24)25-17-4-2-3-13(10-17)9-15-6-5-14-11-16(21)7-8-18(14)19(15)22/h2-4,7-12,21H,5-6H2,1H3,(H,23,24)/b15-9-/t12-/m1/s1. The molecule has 0 unspecified atom stereocenters. The minimum absolute atomic E-state index is 0.0496. The van der Waals surface area contributed by atoms with Gasteiger partial charge in [0.15, 0.2) is 11.9 Å². The van der Waals surface area contributed by atoms with E-state index >= 15 is 0 Å². The number of fused-ring (bicyclic) bond motifs is 1. The Balaban J connectivity index is 1.85. The molecule has 0 amide bonds. The Hall–Kier alpha value is -3.08. The second kappa shape index (κ2) is 6.81. The van der Waals surface area contributed by atoms with Crippen molar-refractivity contribution in [3.8, 4) is 11.5 Å². The summed E-state index contributed by atoms with van der Waals surface area (Å²) < 4.78 is 5.36. The van der Waals surface area contributed by atoms with Crippen molar-refractivity contribution in [3.05, 3.63) is 64.7 Å². The quantitative estimate of drug-likeness (QED) is 0.834. The second-order valence-electron chi connectivity index (χ2n) is 6.01. The van der Waals surface area contributed by atoms with Crippen LogP contribution in [0.4, 0.5) is 0 Å². The van der Waals surface area contributed by atoms with Crippen molar-refractivity contribution in [1.82, 2.24) is 0 Å². The van der Waals surface area contributed by atoms with E-state index in [4.69, 9.17) is 9.84 Å². The Morgan fingerprint density at radius 2 is 2.00 bits per heavy atom. The summed E-state index contributed by atoms with van der Waals surface area (Å²) in [4.78, 5) is 23.5. The van der Waals surface area contributed by atoms with Crippen molar-refractivity contribution in [2.45, 2.75) is 25.9 Å². The van der Waals surface area contributed by atoms with E-state index < -0.39 is 12.1 Å². The molecule has 0 saturated carbocycles. The first-order valence-corrected chi connectivity index (χ1v) is 8.01. The fraction of sp³-hybridized carbons (Fsp3) is 0.200. The van der Waals surface area contributed by atoms with Gasteiger partial charge in [0.1, 0.15) is 11.5 Å². The van der Waals surface area contributed by atoms with Crippen molar-refractivity contribution in [2.24, 2.45) is 0 Å². The molecule has 3 rings (SSSR count). The molecular formula is C20H18O5. The molecule has 0 aromatic heterocycles. The number of aromatic hydroxyl groups is 1. The van der Waals surface area contributed by atoms with Crippen LogP contribution in [0.5, 0.6) is 11.5 Å². The molecular weight excluding hydrogens is 320 g/mol. The predicted molar refractivity (Wildman–Crippen MR) is 92.9 cm³/mol. The average Bonchev–Trinajstić information content (AvgIpc) is 2.57. The molecule has 1 atom stereocenters. The highest BCUT2D eigenvalue weighted by molar-refractivity contribution is 6.13. The van der Waals surface area contributed by atoms with Gasteiger partial charge in [-0.3, -0.25) is 4.79 Å². The Morgan fingerprint density at radius 1 is 1.20 bits per heavy atom. The summed E-state index contributed by atoms with van der Waals surface area (Å²) in [6.45, 7) is 1.46. The minimum Gasteiger partial charge on any atom is -0.508 e. The summed E-state index contributed by atoms with van der Waals surface area (Å²) in [7, 11) is 0. The predicted octanol–water partition coefficient (Wildman–Crippen LogP) is 3.46. The van der Waals surface area contributed by atoms with Gasteiger partial charge in [-0.25, -0.2) is 4.79 Å². The number of ketones is 1. The molecule has 5 nitrogen and oxygen atoms in total. The maximum absolute atomic E-state index is 12.6. The molecule has 2 aromatic rings. The van der Waals surface area contributed by atoms with E-state index in [9.17, 15) is 14.7 Å². The summed E-state index contributed by atoms with van der Waals surface area (Å²) in [5.41, 5.74) is 2.93. The van der Waals surface area contributed by atoms with Crippen LogP contribution in [0.25, 0.3) is 6.08 Å². The fourth-order valence-electron chi connectivity index (χ4n) is 2.84. The summed E-state index contributed by atoms with van der Waals surface area (Å²) in [5.74, 6) is -0.480. The smallest absolute Gasteiger partial charge is 0.344 e. The average molecular weight is 338 g/mol. The molecule has 2 N–H and O–H groups in total. The van der Waals surface area contributed by atoms with Gasteiger partial charge in [0.05, 0.1) is 0 Å². The topological polar surface area (TPSA) is 83.8 Å². The summed E-state index contributed by atoms with van der Waals surface area (Å²) in [5, 5.41) is 18.5. The van der Waals surface area contributed by atoms with Crippen LogP contribution in [-0.4, -0.2) is 28.1 Å². The zero-order chi connectivity index (χ0) is 18.0. The van der Waals surface area contributed by atoms with Gasteiger partial charge in [-0.05, 0) is 67.3 Å². The largest absolute Gasteiger partial charge is 0.508 e. The number of aliphatic carboxylic acids is 1. The molecule has 5 heteroatoms. The SMILES string of the molecule is C[C@@H](Oc1cccc(/C=C2/CCc3cc(O)ccc3C2=O)c1)C(=O)O. The minimum atomic E-state index is -1.04. The van der Waals surface area contributed by atoms with E-state index in [1.54, 1.807) is 36.4 Å². The third kappa shape index (κ3) is 3.71. The van der Waals surface area contributed by atoms with E-state index in [0.717, 1.165) is 11.1 Å². The second-order valence-corrected chi connectivity index (χ2v) is 6.01. The van der Waals surface area contributed by atoms with Gasteiger partial charge < -0.3 is 14.9 Å². The first kappa shape index (κ1) is 16.8. The highest BCUT2D eigenvalue weighted by Crippen LogP contribution is 2.29. The Kier molecular flexibility index (Phi) is 4.57. The Labute approximate surface area is 145 Å². The van der Waals surface area contributed by atoms with Gasteiger partial charge in [-0.15, -0.1) is 0 Å². The van der Waals surface area contributed by atoms with Crippen LogP contribution >= 0.6 is 0 Å². The summed E-state index contributed by atoms with van der Waals surface area (Å²) in [6.07, 6.45) is 2.13. The van der Waals surface area contributed by atoms with Crippen LogP contribution in [0.15, 0.2) is 48.0 Å². The van der Waals surface area contributed by atoms with E-state index in [1.807, 2.05) is 6.07 Å². The van der Waals surface area contributed by atoms with E-state index in [0.29, 0.717) is 29.7 Å². The molecule has 25 heavy (non-hydrogen) atoms. The maximum Gasteiger partial charge on any atom is 0.344 e.